The molecule has 0 amide bonds. The van der Waals surface area contributed by atoms with Gasteiger partial charge in [0.1, 0.15) is 5.69 Å². The first kappa shape index (κ1) is 11.6. The lowest BCUT2D eigenvalue weighted by molar-refractivity contribution is -0.384. The molecule has 0 radical (unpaired) electrons. The van der Waals surface area contributed by atoms with Crippen LogP contribution in [0.15, 0.2) is 30.4 Å². The first-order valence-electron chi connectivity index (χ1n) is 5.83. The molecule has 0 spiro atoms. The van der Waals surface area contributed by atoms with Crippen molar-refractivity contribution in [3.8, 4) is 0 Å². The summed E-state index contributed by atoms with van der Waals surface area (Å²) in [4.78, 5) is 10.6. The number of rotatable bonds is 3. The van der Waals surface area contributed by atoms with Crippen LogP contribution in [-0.4, -0.2) is 11.0 Å². The second-order valence-corrected chi connectivity index (χ2v) is 4.40. The van der Waals surface area contributed by atoms with Gasteiger partial charge in [0.05, 0.1) is 4.92 Å². The minimum Gasteiger partial charge on any atom is -0.376 e. The fourth-order valence-corrected chi connectivity index (χ4v) is 2.06. The van der Waals surface area contributed by atoms with Crippen LogP contribution < -0.4 is 5.32 Å². The SMILES string of the molecule is Cc1ccc(NC2CC=CCC2)c([N+](=O)[O-])c1. The van der Waals surface area contributed by atoms with Gasteiger partial charge in [0.25, 0.3) is 5.69 Å². The standard InChI is InChI=1S/C13H16N2O2/c1-10-7-8-12(13(9-10)15(16)17)14-11-5-3-2-4-6-11/h2-3,7-9,11,14H,4-6H2,1H3. The molecule has 0 bridgehead atoms. The van der Waals surface area contributed by atoms with Gasteiger partial charge in [0, 0.05) is 12.1 Å². The molecule has 0 fully saturated rings. The fraction of sp³-hybridized carbons (Fsp3) is 0.385. The molecule has 1 aromatic rings. The highest BCUT2D eigenvalue weighted by atomic mass is 16.6. The smallest absolute Gasteiger partial charge is 0.292 e. The van der Waals surface area contributed by atoms with Crippen molar-refractivity contribution >= 4 is 11.4 Å². The van der Waals surface area contributed by atoms with Gasteiger partial charge in [0.15, 0.2) is 0 Å². The Morgan fingerprint density at radius 2 is 2.24 bits per heavy atom. The number of nitrogens with zero attached hydrogens (tertiary/aromatic N) is 1. The van der Waals surface area contributed by atoms with Crippen LogP contribution in [0, 0.1) is 17.0 Å². The van der Waals surface area contributed by atoms with Gasteiger partial charge in [-0.1, -0.05) is 18.2 Å². The highest BCUT2D eigenvalue weighted by Crippen LogP contribution is 2.27. The number of nitro groups is 1. The van der Waals surface area contributed by atoms with E-state index in [4.69, 9.17) is 0 Å². The van der Waals surface area contributed by atoms with Crippen LogP contribution in [0.4, 0.5) is 11.4 Å². The number of aryl methyl sites for hydroxylation is 1. The first-order valence-corrected chi connectivity index (χ1v) is 5.83. The number of nitro benzene ring substituents is 1. The van der Waals surface area contributed by atoms with Crippen molar-refractivity contribution in [1.29, 1.82) is 0 Å². The number of allylic oxidation sites excluding steroid dienone is 1. The summed E-state index contributed by atoms with van der Waals surface area (Å²) in [6.45, 7) is 1.86. The van der Waals surface area contributed by atoms with Gasteiger partial charge in [0.2, 0.25) is 0 Å². The van der Waals surface area contributed by atoms with E-state index in [0.717, 1.165) is 24.8 Å². The molecule has 0 heterocycles. The largest absolute Gasteiger partial charge is 0.376 e. The molecule has 1 aliphatic rings. The van der Waals surface area contributed by atoms with Gasteiger partial charge in [-0.15, -0.1) is 0 Å². The molecule has 0 saturated heterocycles. The van der Waals surface area contributed by atoms with Crippen LogP contribution in [0.5, 0.6) is 0 Å². The van der Waals surface area contributed by atoms with Crippen molar-refractivity contribution in [2.75, 3.05) is 5.32 Å². The van der Waals surface area contributed by atoms with E-state index in [2.05, 4.69) is 17.5 Å². The van der Waals surface area contributed by atoms with Crippen LogP contribution in [0.2, 0.25) is 0 Å². The van der Waals surface area contributed by atoms with Crippen molar-refractivity contribution in [2.24, 2.45) is 0 Å². The van der Waals surface area contributed by atoms with Crippen LogP contribution in [0.3, 0.4) is 0 Å². The van der Waals surface area contributed by atoms with Gasteiger partial charge in [-0.2, -0.15) is 0 Å². The van der Waals surface area contributed by atoms with E-state index in [1.54, 1.807) is 12.1 Å². The second kappa shape index (κ2) is 4.99. The molecule has 1 aliphatic carbocycles. The normalized spacial score (nSPS) is 19.0. The van der Waals surface area contributed by atoms with Crippen LogP contribution in [-0.2, 0) is 0 Å². The Kier molecular flexibility index (Phi) is 3.42. The zero-order valence-corrected chi connectivity index (χ0v) is 9.85. The maximum atomic E-state index is 11.0. The molecule has 0 saturated carbocycles. The van der Waals surface area contributed by atoms with Crippen LogP contribution >= 0.6 is 0 Å². The summed E-state index contributed by atoms with van der Waals surface area (Å²) in [6.07, 6.45) is 7.28. The maximum absolute atomic E-state index is 11.0. The number of nitrogens with one attached hydrogen (secondary N) is 1. The van der Waals surface area contributed by atoms with Crippen molar-refractivity contribution in [1.82, 2.24) is 0 Å². The van der Waals surface area contributed by atoms with E-state index in [0.29, 0.717) is 11.7 Å². The van der Waals surface area contributed by atoms with E-state index in [9.17, 15) is 10.1 Å². The van der Waals surface area contributed by atoms with E-state index < -0.39 is 0 Å². The zero-order valence-electron chi connectivity index (χ0n) is 9.85. The van der Waals surface area contributed by atoms with Gasteiger partial charge < -0.3 is 5.32 Å². The summed E-state index contributed by atoms with van der Waals surface area (Å²) in [5.41, 5.74) is 1.70. The average Bonchev–Trinajstić information content (AvgIpc) is 2.32. The summed E-state index contributed by atoms with van der Waals surface area (Å²) in [5.74, 6) is 0. The molecule has 90 valence electrons. The Balaban J connectivity index is 2.19. The van der Waals surface area contributed by atoms with Gasteiger partial charge in [-0.25, -0.2) is 0 Å². The van der Waals surface area contributed by atoms with Crippen molar-refractivity contribution in [3.63, 3.8) is 0 Å². The highest BCUT2D eigenvalue weighted by Gasteiger charge is 2.17. The van der Waals surface area contributed by atoms with E-state index >= 15 is 0 Å². The number of anilines is 1. The van der Waals surface area contributed by atoms with Crippen molar-refractivity contribution in [2.45, 2.75) is 32.2 Å². The molecule has 0 aliphatic heterocycles. The van der Waals surface area contributed by atoms with Gasteiger partial charge in [-0.3, -0.25) is 10.1 Å². The lowest BCUT2D eigenvalue weighted by atomic mass is 10.0. The average molecular weight is 232 g/mol. The molecule has 1 unspecified atom stereocenters. The van der Waals surface area contributed by atoms with Crippen LogP contribution in [0.25, 0.3) is 0 Å². The third-order valence-corrected chi connectivity index (χ3v) is 2.98. The molecule has 1 atom stereocenters. The summed E-state index contributed by atoms with van der Waals surface area (Å²) in [7, 11) is 0. The van der Waals surface area contributed by atoms with E-state index in [1.807, 2.05) is 13.0 Å². The molecule has 4 nitrogen and oxygen atoms in total. The quantitative estimate of drug-likeness (QED) is 0.493. The maximum Gasteiger partial charge on any atom is 0.292 e. The van der Waals surface area contributed by atoms with Crippen LogP contribution in [0.1, 0.15) is 24.8 Å². The predicted octanol–water partition coefficient (Wildman–Crippen LogP) is 3.42. The molecule has 17 heavy (non-hydrogen) atoms. The number of benzene rings is 1. The summed E-state index contributed by atoms with van der Waals surface area (Å²) in [6, 6.07) is 5.61. The Morgan fingerprint density at radius 1 is 1.41 bits per heavy atom. The van der Waals surface area contributed by atoms with Crippen molar-refractivity contribution < 1.29 is 4.92 Å². The summed E-state index contributed by atoms with van der Waals surface area (Å²) < 4.78 is 0. The fourth-order valence-electron chi connectivity index (χ4n) is 2.06. The third kappa shape index (κ3) is 2.84. The molecule has 1 N–H and O–H groups in total. The van der Waals surface area contributed by atoms with Gasteiger partial charge >= 0.3 is 0 Å². The second-order valence-electron chi connectivity index (χ2n) is 4.40. The molecule has 4 heteroatoms. The number of hydrogen-bond acceptors (Lipinski definition) is 3. The molecular weight excluding hydrogens is 216 g/mol. The summed E-state index contributed by atoms with van der Waals surface area (Å²) >= 11 is 0. The van der Waals surface area contributed by atoms with Crippen molar-refractivity contribution in [3.05, 3.63) is 46.0 Å². The minimum absolute atomic E-state index is 0.166. The minimum atomic E-state index is -0.325. The lowest BCUT2D eigenvalue weighted by Crippen LogP contribution is -2.20. The van der Waals surface area contributed by atoms with Gasteiger partial charge in [-0.05, 0) is 37.8 Å². The highest BCUT2D eigenvalue weighted by molar-refractivity contribution is 5.63. The Morgan fingerprint density at radius 3 is 2.88 bits per heavy atom. The monoisotopic (exact) mass is 232 g/mol. The van der Waals surface area contributed by atoms with E-state index in [1.165, 1.54) is 0 Å². The topological polar surface area (TPSA) is 55.2 Å². The Labute approximate surface area is 100 Å². The zero-order chi connectivity index (χ0) is 12.3. The molecular formula is C13H16N2O2. The Hall–Kier alpha value is -1.84. The third-order valence-electron chi connectivity index (χ3n) is 2.98. The predicted molar refractivity (Wildman–Crippen MR) is 68.2 cm³/mol. The first-order chi connectivity index (χ1) is 8.16. The summed E-state index contributed by atoms with van der Waals surface area (Å²) in [5, 5.41) is 14.2. The lowest BCUT2D eigenvalue weighted by Gasteiger charge is -2.20. The molecule has 2 rings (SSSR count). The molecule has 1 aromatic carbocycles. The Bertz CT molecular complexity index is 455. The molecule has 0 aromatic heterocycles. The van der Waals surface area contributed by atoms with E-state index in [-0.39, 0.29) is 10.6 Å². The number of hydrogen-bond donors (Lipinski definition) is 1.